The second kappa shape index (κ2) is 9.00. The molecular weight excluding hydrogens is 549 g/mol. The van der Waals surface area contributed by atoms with Crippen LogP contribution in [0, 0.1) is 12.7 Å². The highest BCUT2D eigenvalue weighted by Gasteiger charge is 2.32. The minimum absolute atomic E-state index is 0.0287. The number of hydrogen-bond donors (Lipinski definition) is 0. The van der Waals surface area contributed by atoms with Gasteiger partial charge in [-0.1, -0.05) is 11.6 Å². The molecule has 0 N–H and O–H groups in total. The van der Waals surface area contributed by atoms with E-state index in [9.17, 15) is 49.9 Å². The van der Waals surface area contributed by atoms with Crippen molar-refractivity contribution >= 4 is 21.5 Å². The zero-order valence-corrected chi connectivity index (χ0v) is 20.2. The molecule has 0 bridgehead atoms. The molecule has 0 amide bonds. The van der Waals surface area contributed by atoms with Gasteiger partial charge in [-0.15, -0.1) is 0 Å². The molecule has 5 rings (SSSR count). The molecule has 6 nitrogen and oxygen atoms in total. The van der Waals surface area contributed by atoms with E-state index >= 15 is 0 Å². The fraction of sp³-hybridized carbons (Fsp3) is 0.185. The molecule has 0 radical (unpaired) electrons. The molecule has 0 aliphatic heterocycles. The third kappa shape index (κ3) is 4.61. The average Bonchev–Trinajstić information content (AvgIpc) is 3.21. The van der Waals surface area contributed by atoms with Crippen LogP contribution in [-0.4, -0.2) is 9.13 Å². The summed E-state index contributed by atoms with van der Waals surface area (Å²) < 4.78 is 93.9. The van der Waals surface area contributed by atoms with Crippen LogP contribution in [0.4, 0.5) is 30.7 Å². The number of alkyl halides is 6. The number of benzene rings is 3. The predicted octanol–water partition coefficient (Wildman–Crippen LogP) is 4.49. The first kappa shape index (κ1) is 27.0. The largest absolute Gasteiger partial charge is 0.416 e. The molecule has 206 valence electrons. The smallest absolute Gasteiger partial charge is 0.270 e. The summed E-state index contributed by atoms with van der Waals surface area (Å²) in [7, 11) is 0. The van der Waals surface area contributed by atoms with Gasteiger partial charge in [0.2, 0.25) is 0 Å². The first-order valence-electron chi connectivity index (χ1n) is 11.5. The van der Waals surface area contributed by atoms with E-state index in [2.05, 4.69) is 0 Å². The Hall–Kier alpha value is -4.55. The van der Waals surface area contributed by atoms with E-state index in [0.29, 0.717) is 15.2 Å². The van der Waals surface area contributed by atoms with Gasteiger partial charge >= 0.3 is 12.4 Å². The van der Waals surface area contributed by atoms with Crippen LogP contribution in [-0.2, 0) is 25.4 Å². The van der Waals surface area contributed by atoms with Crippen LogP contribution in [0.25, 0.3) is 21.5 Å². The van der Waals surface area contributed by atoms with Gasteiger partial charge in [-0.3, -0.25) is 28.3 Å². The van der Waals surface area contributed by atoms with Gasteiger partial charge in [0, 0.05) is 0 Å². The molecule has 13 heteroatoms. The van der Waals surface area contributed by atoms with E-state index in [1.165, 1.54) is 13.0 Å². The Morgan fingerprint density at radius 3 is 1.32 bits per heavy atom. The lowest BCUT2D eigenvalue weighted by Crippen LogP contribution is -2.27. The number of halogens is 7. The molecule has 5 aromatic rings. The van der Waals surface area contributed by atoms with Gasteiger partial charge in [0.15, 0.2) is 0 Å². The van der Waals surface area contributed by atoms with E-state index in [-0.39, 0.29) is 44.3 Å². The van der Waals surface area contributed by atoms with E-state index in [1.54, 1.807) is 0 Å². The number of nitrogens with zero attached hydrogens (tertiary/aromatic N) is 2. The van der Waals surface area contributed by atoms with Gasteiger partial charge in [0.25, 0.3) is 22.2 Å². The van der Waals surface area contributed by atoms with E-state index in [1.807, 2.05) is 0 Å². The molecule has 40 heavy (non-hydrogen) atoms. The van der Waals surface area contributed by atoms with Gasteiger partial charge in [0.1, 0.15) is 5.82 Å². The van der Waals surface area contributed by atoms with Gasteiger partial charge in [-0.05, 0) is 60.5 Å². The van der Waals surface area contributed by atoms with Crippen molar-refractivity contribution in [2.45, 2.75) is 32.4 Å². The Kier molecular flexibility index (Phi) is 6.08. The van der Waals surface area contributed by atoms with Crippen LogP contribution in [0.5, 0.6) is 0 Å². The zero-order valence-electron chi connectivity index (χ0n) is 20.2. The average molecular weight is 564 g/mol. The summed E-state index contributed by atoms with van der Waals surface area (Å²) in [6.45, 7) is 0.208. The fourth-order valence-corrected chi connectivity index (χ4v) is 4.75. The highest BCUT2D eigenvalue weighted by atomic mass is 19.4. The summed E-state index contributed by atoms with van der Waals surface area (Å²) in [5, 5.41) is -1.12. The second-order valence-corrected chi connectivity index (χ2v) is 9.39. The molecule has 0 aliphatic rings. The molecular formula is C27H15F7N2O4. The minimum atomic E-state index is -4.88. The maximum Gasteiger partial charge on any atom is 0.416 e. The molecule has 0 unspecified atom stereocenters. The molecule has 0 spiro atoms. The van der Waals surface area contributed by atoms with Crippen LogP contribution in [0.1, 0.15) is 27.8 Å². The number of fused-ring (bicyclic) bond motifs is 2. The van der Waals surface area contributed by atoms with Gasteiger partial charge in [0.05, 0.1) is 45.8 Å². The lowest BCUT2D eigenvalue weighted by atomic mass is 10.1. The van der Waals surface area contributed by atoms with E-state index < -0.39 is 64.6 Å². The SMILES string of the molecule is Cc1cc(Cn2c(=O)c3cc4c(=O)n(Cc5cc(F)cc(C(F)(F)F)c5)c(=O)c4cc3c2=O)cc(C(F)(F)F)c1. The van der Waals surface area contributed by atoms with Gasteiger partial charge in [-0.2, -0.15) is 26.3 Å². The maximum absolute atomic E-state index is 13.8. The third-order valence-electron chi connectivity index (χ3n) is 6.49. The molecule has 0 aliphatic carbocycles. The van der Waals surface area contributed by atoms with Crippen molar-refractivity contribution < 1.29 is 30.7 Å². The van der Waals surface area contributed by atoms with E-state index in [0.717, 1.165) is 30.3 Å². The fourth-order valence-electron chi connectivity index (χ4n) is 4.75. The van der Waals surface area contributed by atoms with Gasteiger partial charge in [-0.25, -0.2) is 4.39 Å². The molecule has 2 heterocycles. The van der Waals surface area contributed by atoms with Crippen LogP contribution in [0.15, 0.2) is 67.7 Å². The van der Waals surface area contributed by atoms with Crippen LogP contribution >= 0.6 is 0 Å². The highest BCUT2D eigenvalue weighted by Crippen LogP contribution is 2.31. The Morgan fingerprint density at radius 2 is 0.925 bits per heavy atom. The molecule has 0 fully saturated rings. The summed E-state index contributed by atoms with van der Waals surface area (Å²) >= 11 is 0. The summed E-state index contributed by atoms with van der Waals surface area (Å²) in [5.41, 5.74) is -6.09. The van der Waals surface area contributed by atoms with Crippen molar-refractivity contribution in [3.05, 3.63) is 124 Å². The standard InChI is InChI=1S/C27H15F7N2O4/c1-12-2-13(4-15(3-12)26(29,30)31)10-35-22(37)18-8-20-21(9-19(18)23(35)38)25(40)36(24(20)39)11-14-5-16(27(32,33)34)7-17(28)6-14/h2-9H,10-11H2,1H3. The van der Waals surface area contributed by atoms with E-state index in [4.69, 9.17) is 0 Å². The first-order chi connectivity index (χ1) is 18.5. The number of aryl methyl sites for hydroxylation is 1. The molecule has 3 aromatic carbocycles. The van der Waals surface area contributed by atoms with Gasteiger partial charge < -0.3 is 0 Å². The first-order valence-corrected chi connectivity index (χ1v) is 11.5. The van der Waals surface area contributed by atoms with Crippen molar-refractivity contribution in [3.8, 4) is 0 Å². The van der Waals surface area contributed by atoms with Crippen molar-refractivity contribution in [1.82, 2.24) is 9.13 Å². The number of aromatic nitrogens is 2. The van der Waals surface area contributed by atoms with Crippen LogP contribution in [0.3, 0.4) is 0 Å². The Balaban J connectivity index is 1.61. The monoisotopic (exact) mass is 564 g/mol. The topological polar surface area (TPSA) is 78.1 Å². The molecule has 0 atom stereocenters. The van der Waals surface area contributed by atoms with Crippen LogP contribution < -0.4 is 22.2 Å². The predicted molar refractivity (Wildman–Crippen MR) is 131 cm³/mol. The summed E-state index contributed by atoms with van der Waals surface area (Å²) in [4.78, 5) is 52.0. The number of hydrogen-bond acceptors (Lipinski definition) is 4. The van der Waals surface area contributed by atoms with Crippen molar-refractivity contribution in [2.24, 2.45) is 0 Å². The Morgan fingerprint density at radius 1 is 0.550 bits per heavy atom. The Bertz CT molecular complexity index is 1820. The summed E-state index contributed by atoms with van der Waals surface area (Å²) in [5.74, 6) is -1.23. The summed E-state index contributed by atoms with van der Waals surface area (Å²) in [6.07, 6.45) is -9.53. The minimum Gasteiger partial charge on any atom is -0.270 e. The van der Waals surface area contributed by atoms with Crippen molar-refractivity contribution in [1.29, 1.82) is 0 Å². The maximum atomic E-state index is 13.8. The Labute approximate surface area is 217 Å². The normalized spacial score (nSPS) is 12.6. The molecule has 0 saturated carbocycles. The van der Waals surface area contributed by atoms with Crippen molar-refractivity contribution in [2.75, 3.05) is 0 Å². The third-order valence-corrected chi connectivity index (χ3v) is 6.49. The lowest BCUT2D eigenvalue weighted by Gasteiger charge is -2.10. The highest BCUT2D eigenvalue weighted by molar-refractivity contribution is 5.97. The molecule has 0 saturated heterocycles. The second-order valence-electron chi connectivity index (χ2n) is 9.39. The lowest BCUT2D eigenvalue weighted by molar-refractivity contribution is -0.138. The molecule has 2 aromatic heterocycles. The van der Waals surface area contributed by atoms with Crippen LogP contribution in [0.2, 0.25) is 0 Å². The summed E-state index contributed by atoms with van der Waals surface area (Å²) in [6, 6.07) is 6.67. The number of rotatable bonds is 4. The zero-order chi connectivity index (χ0) is 29.3. The quantitative estimate of drug-likeness (QED) is 0.302. The van der Waals surface area contributed by atoms with Crippen molar-refractivity contribution in [3.63, 3.8) is 0 Å².